The molecule has 5 amide bonds. The number of aryl methyl sites for hydroxylation is 2. The fourth-order valence-corrected chi connectivity index (χ4v) is 9.93. The Morgan fingerprint density at radius 3 is 2.29 bits per heavy atom. The minimum atomic E-state index is -4.81. The summed E-state index contributed by atoms with van der Waals surface area (Å²) in [5.41, 5.74) is 2.30. The first-order valence-electron chi connectivity index (χ1n) is 23.8. The number of nitrogens with zero attached hydrogens (tertiary/aromatic N) is 6. The third kappa shape index (κ3) is 13.7. The van der Waals surface area contributed by atoms with Gasteiger partial charge in [0.15, 0.2) is 5.11 Å². The molecule has 390 valence electrons. The van der Waals surface area contributed by atoms with Crippen LogP contribution in [0.1, 0.15) is 81.8 Å². The molecule has 0 saturated carbocycles. The molecule has 2 aliphatic rings. The van der Waals surface area contributed by atoms with Crippen molar-refractivity contribution in [3.8, 4) is 16.5 Å². The minimum absolute atomic E-state index is 0.00912. The number of carbonyl (C=O) groups is 5. The summed E-state index contributed by atoms with van der Waals surface area (Å²) < 4.78 is 52.4. The molecule has 21 heteroatoms. The molecule has 6 rings (SSSR count). The molecular weight excluding hydrogens is 986 g/mol. The Bertz CT molecular complexity index is 2700. The lowest BCUT2D eigenvalue weighted by molar-refractivity contribution is -0.144. The number of hydrogen-bond donors (Lipinski definition) is 3. The van der Waals surface area contributed by atoms with Crippen molar-refractivity contribution in [2.24, 2.45) is 5.41 Å². The SMILES string of the molecule is Cc1ncsc1-c1ccc(CNC(=O)[C@@H]2C[C@@H](O)CN2C(=O)C(NC(=O)COCCOCCN(C)C(=O)CCCc2ccc(N3C(=S)N(c4ccc(C#N)c(C(F)(F)F)c4)C(=O)C3(C)C)cc2)C(C)(C)C)cc1. The van der Waals surface area contributed by atoms with Crippen LogP contribution in [0.3, 0.4) is 0 Å². The van der Waals surface area contributed by atoms with Gasteiger partial charge in [-0.15, -0.1) is 11.3 Å². The van der Waals surface area contributed by atoms with Crippen molar-refractivity contribution < 1.29 is 51.7 Å². The molecule has 2 aliphatic heterocycles. The normalized spacial score (nSPS) is 17.2. The highest BCUT2D eigenvalue weighted by Crippen LogP contribution is 2.40. The number of nitrogens with one attached hydrogen (secondary N) is 2. The third-order valence-electron chi connectivity index (χ3n) is 12.7. The summed E-state index contributed by atoms with van der Waals surface area (Å²) in [4.78, 5) is 77.8. The van der Waals surface area contributed by atoms with E-state index in [0.717, 1.165) is 44.3 Å². The van der Waals surface area contributed by atoms with Gasteiger partial charge in [0, 0.05) is 45.2 Å². The summed E-state index contributed by atoms with van der Waals surface area (Å²) in [5.74, 6) is -2.04. The van der Waals surface area contributed by atoms with Crippen LogP contribution in [0.25, 0.3) is 10.4 Å². The summed E-state index contributed by atoms with van der Waals surface area (Å²) in [6, 6.07) is 17.6. The zero-order valence-electron chi connectivity index (χ0n) is 41.9. The zero-order valence-corrected chi connectivity index (χ0v) is 43.5. The second-order valence-electron chi connectivity index (χ2n) is 19.6. The Hall–Kier alpha value is -6.31. The average Bonchev–Trinajstić information content (AvgIpc) is 4.01. The van der Waals surface area contributed by atoms with Crippen LogP contribution in [-0.4, -0.2) is 125 Å². The van der Waals surface area contributed by atoms with Gasteiger partial charge in [-0.2, -0.15) is 18.4 Å². The van der Waals surface area contributed by atoms with Gasteiger partial charge >= 0.3 is 6.18 Å². The second-order valence-corrected chi connectivity index (χ2v) is 20.8. The highest BCUT2D eigenvalue weighted by Gasteiger charge is 2.51. The maximum atomic E-state index is 14.0. The number of benzene rings is 3. The molecule has 1 unspecified atom stereocenters. The molecule has 2 fully saturated rings. The van der Waals surface area contributed by atoms with Crippen LogP contribution in [0.15, 0.2) is 72.2 Å². The molecule has 3 atom stereocenters. The number of alkyl halides is 3. The van der Waals surface area contributed by atoms with Crippen LogP contribution in [-0.2, 0) is 52.6 Å². The number of aliphatic hydroxyl groups is 1. The van der Waals surface area contributed by atoms with E-state index in [4.69, 9.17) is 21.7 Å². The lowest BCUT2D eigenvalue weighted by Crippen LogP contribution is -2.58. The first-order valence-corrected chi connectivity index (χ1v) is 25.0. The van der Waals surface area contributed by atoms with Crippen molar-refractivity contribution in [3.05, 3.63) is 100 Å². The Labute approximate surface area is 432 Å². The van der Waals surface area contributed by atoms with E-state index in [0.29, 0.717) is 25.1 Å². The number of amides is 5. The number of ether oxygens (including phenoxy) is 2. The Kier molecular flexibility index (Phi) is 18.2. The van der Waals surface area contributed by atoms with Gasteiger partial charge in [-0.05, 0) is 98.3 Å². The summed E-state index contributed by atoms with van der Waals surface area (Å²) in [6.07, 6.45) is -4.28. The van der Waals surface area contributed by atoms with Crippen LogP contribution in [0.4, 0.5) is 24.5 Å². The molecule has 3 aromatic carbocycles. The lowest BCUT2D eigenvalue weighted by atomic mass is 9.85. The first-order chi connectivity index (χ1) is 34.4. The van der Waals surface area contributed by atoms with E-state index in [1.807, 2.05) is 43.3 Å². The molecule has 0 spiro atoms. The number of nitriles is 1. The van der Waals surface area contributed by atoms with E-state index in [9.17, 15) is 47.5 Å². The fraction of sp³-hybridized carbons (Fsp3) is 0.462. The Balaban J connectivity index is 0.881. The number of carbonyl (C=O) groups excluding carboxylic acids is 5. The largest absolute Gasteiger partial charge is 0.417 e. The van der Waals surface area contributed by atoms with Crippen molar-refractivity contribution >= 4 is 69.6 Å². The number of aromatic nitrogens is 1. The van der Waals surface area contributed by atoms with Gasteiger partial charge in [0.05, 0.1) is 64.9 Å². The third-order valence-corrected chi connectivity index (χ3v) is 14.1. The molecule has 0 aliphatic carbocycles. The monoisotopic (exact) mass is 1050 g/mol. The van der Waals surface area contributed by atoms with Gasteiger partial charge in [0.1, 0.15) is 24.2 Å². The number of thiazole rings is 1. The number of thiocarbonyl (C=S) groups is 1. The molecular formula is C52H61F3N8O8S2. The highest BCUT2D eigenvalue weighted by molar-refractivity contribution is 7.81. The Morgan fingerprint density at radius 1 is 1.00 bits per heavy atom. The standard InChI is InChI=1S/C52H61F3N8O8S2/c1-32-44(73-31-58-32)35-15-11-34(12-16-35)28-57-46(67)41-26-39(64)29-61(41)47(68)45(50(2,3)4)59-42(65)30-71-24-23-70-22-21-60(7)43(66)10-8-9-33-13-18-37(19-14-33)63-49(72)62(48(69)51(63,5)6)38-20-17-36(27-56)40(25-38)52(53,54)55/h11-20,25,31,39,41,45,64H,8-10,21-24,26,28-30H2,1-7H3,(H,57,67)(H,59,65)/t39-,41+,45?/m1/s1. The van der Waals surface area contributed by atoms with E-state index in [-0.39, 0.29) is 69.1 Å². The highest BCUT2D eigenvalue weighted by atomic mass is 32.1. The van der Waals surface area contributed by atoms with Gasteiger partial charge in [-0.1, -0.05) is 57.2 Å². The van der Waals surface area contributed by atoms with E-state index in [2.05, 4.69) is 15.6 Å². The van der Waals surface area contributed by atoms with Gasteiger partial charge in [-0.25, -0.2) is 4.98 Å². The molecule has 4 aromatic rings. The summed E-state index contributed by atoms with van der Waals surface area (Å²) >= 11 is 7.19. The van der Waals surface area contributed by atoms with Crippen molar-refractivity contribution in [2.75, 3.05) is 56.4 Å². The number of β-amino-alcohol motifs (C(OH)–C–C–N with tert-alkyl or cyclic N) is 1. The Morgan fingerprint density at radius 2 is 1.66 bits per heavy atom. The number of rotatable bonds is 20. The molecule has 16 nitrogen and oxygen atoms in total. The fourth-order valence-electron chi connectivity index (χ4n) is 8.60. The predicted octanol–water partition coefficient (Wildman–Crippen LogP) is 6.55. The molecule has 3 N–H and O–H groups in total. The van der Waals surface area contributed by atoms with Crippen molar-refractivity contribution in [2.45, 2.75) is 104 Å². The van der Waals surface area contributed by atoms with E-state index < -0.39 is 70.1 Å². The molecule has 0 bridgehead atoms. The molecule has 1 aromatic heterocycles. The van der Waals surface area contributed by atoms with Crippen LogP contribution < -0.4 is 20.4 Å². The topological polar surface area (TPSA) is 198 Å². The van der Waals surface area contributed by atoms with Crippen molar-refractivity contribution in [1.29, 1.82) is 5.26 Å². The van der Waals surface area contributed by atoms with Crippen LogP contribution in [0.5, 0.6) is 0 Å². The number of likely N-dealkylation sites (N-methyl/N-ethyl adjacent to an activating group) is 1. The molecule has 73 heavy (non-hydrogen) atoms. The van der Waals surface area contributed by atoms with E-state index in [1.165, 1.54) is 11.0 Å². The summed E-state index contributed by atoms with van der Waals surface area (Å²) in [7, 11) is 1.67. The van der Waals surface area contributed by atoms with Gasteiger partial charge in [-0.3, -0.25) is 28.9 Å². The zero-order chi connectivity index (χ0) is 53.4. The van der Waals surface area contributed by atoms with Gasteiger partial charge in [0.25, 0.3) is 5.91 Å². The molecule has 2 saturated heterocycles. The van der Waals surface area contributed by atoms with Crippen molar-refractivity contribution in [3.63, 3.8) is 0 Å². The van der Waals surface area contributed by atoms with Gasteiger partial charge in [0.2, 0.25) is 23.6 Å². The molecule has 0 radical (unpaired) electrons. The average molecular weight is 1050 g/mol. The summed E-state index contributed by atoms with van der Waals surface area (Å²) in [6.45, 7) is 11.2. The van der Waals surface area contributed by atoms with E-state index in [1.54, 1.807) is 86.5 Å². The summed E-state index contributed by atoms with van der Waals surface area (Å²) in [5, 5.41) is 25.4. The number of hydrogen-bond acceptors (Lipinski definition) is 12. The second kappa shape index (κ2) is 23.7. The maximum Gasteiger partial charge on any atom is 0.417 e. The lowest BCUT2D eigenvalue weighted by Gasteiger charge is -2.35. The van der Waals surface area contributed by atoms with Crippen LogP contribution in [0, 0.1) is 23.7 Å². The van der Waals surface area contributed by atoms with Crippen LogP contribution in [0.2, 0.25) is 0 Å². The van der Waals surface area contributed by atoms with Crippen molar-refractivity contribution in [1.82, 2.24) is 25.4 Å². The quantitative estimate of drug-likeness (QED) is 0.0639. The number of likely N-dealkylation sites (tertiary alicyclic amines) is 1. The minimum Gasteiger partial charge on any atom is -0.391 e. The van der Waals surface area contributed by atoms with Gasteiger partial charge < -0.3 is 39.9 Å². The molecule has 3 heterocycles. The first kappa shape index (κ1) is 56.0. The maximum absolute atomic E-state index is 14.0. The van der Waals surface area contributed by atoms with Crippen LogP contribution >= 0.6 is 23.6 Å². The number of halogens is 3. The number of aliphatic hydroxyl groups excluding tert-OH is 1. The number of anilines is 2. The smallest absolute Gasteiger partial charge is 0.391 e. The van der Waals surface area contributed by atoms with E-state index >= 15 is 0 Å². The predicted molar refractivity (Wildman–Crippen MR) is 273 cm³/mol.